The van der Waals surface area contributed by atoms with E-state index in [4.69, 9.17) is 4.74 Å². The van der Waals surface area contributed by atoms with Crippen molar-refractivity contribution in [1.82, 2.24) is 25.4 Å². The Labute approximate surface area is 160 Å². The van der Waals surface area contributed by atoms with Gasteiger partial charge in [0, 0.05) is 33.2 Å². The van der Waals surface area contributed by atoms with E-state index < -0.39 is 0 Å². The average molecular weight is 425 g/mol. The normalized spacial score (nSPS) is 17.1. The van der Waals surface area contributed by atoms with Crippen molar-refractivity contribution in [2.45, 2.75) is 38.6 Å². The Morgan fingerprint density at radius 2 is 2.35 bits per heavy atom. The molecule has 0 fully saturated rings. The molecule has 0 spiro atoms. The van der Waals surface area contributed by atoms with Crippen LogP contribution >= 0.6 is 15.9 Å². The van der Waals surface area contributed by atoms with Gasteiger partial charge in [0.05, 0.1) is 11.0 Å². The van der Waals surface area contributed by atoms with Gasteiger partial charge in [-0.25, -0.2) is 14.1 Å². The van der Waals surface area contributed by atoms with Gasteiger partial charge in [-0.2, -0.15) is 5.10 Å². The van der Waals surface area contributed by atoms with Crippen LogP contribution in [0.4, 0.5) is 4.39 Å². The molecule has 1 unspecified atom stereocenters. The number of fused-ring (bicyclic) bond motifs is 1. The van der Waals surface area contributed by atoms with Crippen LogP contribution in [-0.2, 0) is 30.9 Å². The minimum atomic E-state index is -0.273. The molecule has 1 aromatic carbocycles. The average Bonchev–Trinajstić information content (AvgIpc) is 3.03. The monoisotopic (exact) mass is 424 g/mol. The number of guanidine groups is 1. The number of aromatic nitrogens is 3. The topological polar surface area (TPSA) is 76.4 Å². The molecule has 0 aliphatic carbocycles. The van der Waals surface area contributed by atoms with Gasteiger partial charge in [-0.3, -0.25) is 4.99 Å². The van der Waals surface area contributed by atoms with Gasteiger partial charge < -0.3 is 15.4 Å². The number of aliphatic imine (C=N–C) groups is 1. The lowest BCUT2D eigenvalue weighted by molar-refractivity contribution is 0.177. The van der Waals surface area contributed by atoms with Crippen LogP contribution < -0.4 is 10.6 Å². The Balaban J connectivity index is 1.55. The zero-order chi connectivity index (χ0) is 18.5. The second-order valence-electron chi connectivity index (χ2n) is 6.11. The number of nitrogens with one attached hydrogen (secondary N) is 2. The highest BCUT2D eigenvalue weighted by molar-refractivity contribution is 9.10. The summed E-state index contributed by atoms with van der Waals surface area (Å²) in [7, 11) is 3.36. The van der Waals surface area contributed by atoms with Crippen LogP contribution in [0.1, 0.15) is 23.6 Å². The minimum absolute atomic E-state index is 0.201. The second kappa shape index (κ2) is 8.59. The van der Waals surface area contributed by atoms with Crippen LogP contribution in [0.15, 0.2) is 27.7 Å². The molecule has 26 heavy (non-hydrogen) atoms. The van der Waals surface area contributed by atoms with Crippen LogP contribution in [0.5, 0.6) is 0 Å². The smallest absolute Gasteiger partial charge is 0.191 e. The fourth-order valence-corrected chi connectivity index (χ4v) is 3.14. The Morgan fingerprint density at radius 3 is 3.08 bits per heavy atom. The van der Waals surface area contributed by atoms with Crippen LogP contribution in [0.25, 0.3) is 0 Å². The van der Waals surface area contributed by atoms with E-state index in [1.54, 1.807) is 20.2 Å². The van der Waals surface area contributed by atoms with Gasteiger partial charge >= 0.3 is 0 Å². The zero-order valence-corrected chi connectivity index (χ0v) is 16.4. The quantitative estimate of drug-likeness (QED) is 0.566. The summed E-state index contributed by atoms with van der Waals surface area (Å²) in [4.78, 5) is 8.73. The largest absolute Gasteiger partial charge is 0.377 e. The number of rotatable bonds is 5. The van der Waals surface area contributed by atoms with Gasteiger partial charge in [-0.05, 0) is 40.0 Å². The highest BCUT2D eigenvalue weighted by Crippen LogP contribution is 2.16. The van der Waals surface area contributed by atoms with E-state index in [2.05, 4.69) is 41.6 Å². The number of hydrogen-bond acceptors (Lipinski definition) is 4. The minimum Gasteiger partial charge on any atom is -0.377 e. The molecule has 0 saturated carbocycles. The fourth-order valence-electron chi connectivity index (χ4n) is 2.89. The van der Waals surface area contributed by atoms with Gasteiger partial charge in [-0.1, -0.05) is 6.07 Å². The number of hydrogen-bond donors (Lipinski definition) is 2. The number of aryl methyl sites for hydroxylation is 1. The number of ether oxygens (including phenoxy) is 1. The summed E-state index contributed by atoms with van der Waals surface area (Å²) in [5.74, 6) is 2.11. The van der Waals surface area contributed by atoms with Gasteiger partial charge in [0.25, 0.3) is 0 Å². The predicted molar refractivity (Wildman–Crippen MR) is 100 cm³/mol. The first-order valence-electron chi connectivity index (χ1n) is 8.41. The first kappa shape index (κ1) is 18.8. The molecule has 9 heteroatoms. The van der Waals surface area contributed by atoms with E-state index in [-0.39, 0.29) is 11.9 Å². The standard InChI is InChI=1S/C17H22BrFN6O/c1-20-17(21-8-11-3-5-13(18)14(19)7-11)22-12-4-6-16-23-15(10-26-2)24-25(16)9-12/h3,5,7,12H,4,6,8-10H2,1-2H3,(H2,20,21,22). The van der Waals surface area contributed by atoms with Crippen molar-refractivity contribution in [1.29, 1.82) is 0 Å². The summed E-state index contributed by atoms with van der Waals surface area (Å²) >= 11 is 3.16. The van der Waals surface area contributed by atoms with Crippen LogP contribution in [-0.4, -0.2) is 40.9 Å². The van der Waals surface area contributed by atoms with E-state index in [0.717, 1.165) is 30.8 Å². The lowest BCUT2D eigenvalue weighted by Crippen LogP contribution is -2.46. The Kier molecular flexibility index (Phi) is 6.20. The van der Waals surface area contributed by atoms with E-state index in [0.29, 0.717) is 29.4 Å². The Hall–Kier alpha value is -2.00. The molecule has 2 N–H and O–H groups in total. The third kappa shape index (κ3) is 4.59. The molecular formula is C17H22BrFN6O. The molecule has 7 nitrogen and oxygen atoms in total. The molecule has 1 aliphatic heterocycles. The summed E-state index contributed by atoms with van der Waals surface area (Å²) in [5, 5.41) is 11.1. The number of halogens is 2. The maximum absolute atomic E-state index is 13.6. The van der Waals surface area contributed by atoms with E-state index >= 15 is 0 Å². The summed E-state index contributed by atoms with van der Waals surface area (Å²) in [6, 6.07) is 5.28. The first-order chi connectivity index (χ1) is 12.6. The highest BCUT2D eigenvalue weighted by atomic mass is 79.9. The molecule has 2 heterocycles. The van der Waals surface area contributed by atoms with Gasteiger partial charge in [0.1, 0.15) is 18.2 Å². The molecule has 140 valence electrons. The molecule has 1 aromatic heterocycles. The summed E-state index contributed by atoms with van der Waals surface area (Å²) in [6.45, 7) is 1.63. The van der Waals surface area contributed by atoms with Crippen molar-refractivity contribution in [3.63, 3.8) is 0 Å². The lowest BCUT2D eigenvalue weighted by atomic mass is 10.1. The molecule has 1 atom stereocenters. The molecule has 1 aliphatic rings. The maximum atomic E-state index is 13.6. The summed E-state index contributed by atoms with van der Waals surface area (Å²) in [5.41, 5.74) is 0.847. The lowest BCUT2D eigenvalue weighted by Gasteiger charge is -2.25. The highest BCUT2D eigenvalue weighted by Gasteiger charge is 2.22. The van der Waals surface area contributed by atoms with Crippen LogP contribution in [0, 0.1) is 5.82 Å². The maximum Gasteiger partial charge on any atom is 0.191 e. The van der Waals surface area contributed by atoms with Crippen LogP contribution in [0.2, 0.25) is 0 Å². The van der Waals surface area contributed by atoms with Gasteiger partial charge in [-0.15, -0.1) is 0 Å². The van der Waals surface area contributed by atoms with E-state index in [9.17, 15) is 4.39 Å². The number of benzene rings is 1. The van der Waals surface area contributed by atoms with Crippen molar-refractivity contribution in [2.24, 2.45) is 4.99 Å². The molecular weight excluding hydrogens is 403 g/mol. The Bertz CT molecular complexity index is 794. The van der Waals surface area contributed by atoms with Crippen molar-refractivity contribution >= 4 is 21.9 Å². The van der Waals surface area contributed by atoms with Crippen molar-refractivity contribution in [3.8, 4) is 0 Å². The van der Waals surface area contributed by atoms with Crippen molar-refractivity contribution < 1.29 is 9.13 Å². The van der Waals surface area contributed by atoms with Crippen molar-refractivity contribution in [3.05, 3.63) is 45.7 Å². The summed E-state index contributed by atoms with van der Waals surface area (Å²) < 4.78 is 21.1. The SMILES string of the molecule is CN=C(NCc1ccc(Br)c(F)c1)NC1CCc2nc(COC)nn2C1. The molecule has 0 amide bonds. The molecule has 0 radical (unpaired) electrons. The molecule has 0 bridgehead atoms. The van der Waals surface area contributed by atoms with Gasteiger partial charge in [0.15, 0.2) is 11.8 Å². The van der Waals surface area contributed by atoms with E-state index in [1.807, 2.05) is 10.7 Å². The van der Waals surface area contributed by atoms with Crippen LogP contribution in [0.3, 0.4) is 0 Å². The van der Waals surface area contributed by atoms with Gasteiger partial charge in [0.2, 0.25) is 0 Å². The fraction of sp³-hybridized carbons (Fsp3) is 0.471. The molecule has 3 rings (SSSR count). The molecule has 0 saturated heterocycles. The molecule has 2 aromatic rings. The predicted octanol–water partition coefficient (Wildman–Crippen LogP) is 2.01. The third-order valence-corrected chi connectivity index (χ3v) is 4.83. The van der Waals surface area contributed by atoms with E-state index in [1.165, 1.54) is 6.07 Å². The number of nitrogens with zero attached hydrogens (tertiary/aromatic N) is 4. The zero-order valence-electron chi connectivity index (χ0n) is 14.8. The summed E-state index contributed by atoms with van der Waals surface area (Å²) in [6.07, 6.45) is 1.79. The third-order valence-electron chi connectivity index (χ3n) is 4.18. The first-order valence-corrected chi connectivity index (χ1v) is 9.21. The number of methoxy groups -OCH3 is 1. The second-order valence-corrected chi connectivity index (χ2v) is 6.97. The van der Waals surface area contributed by atoms with Crippen molar-refractivity contribution in [2.75, 3.05) is 14.2 Å². The Morgan fingerprint density at radius 1 is 1.50 bits per heavy atom.